The normalized spacial score (nSPS) is 12.9. The Morgan fingerprint density at radius 2 is 1.31 bits per heavy atom. The van der Waals surface area contributed by atoms with Gasteiger partial charge in [0.05, 0.1) is 11.1 Å². The van der Waals surface area contributed by atoms with Crippen molar-refractivity contribution in [3.05, 3.63) is 26.8 Å². The third-order valence-corrected chi connectivity index (χ3v) is 2.64. The molecule has 0 spiro atoms. The van der Waals surface area contributed by atoms with E-state index >= 15 is 0 Å². The third kappa shape index (κ3) is 2.71. The number of hydrogen-bond donors (Lipinski definition) is 1. The predicted octanol–water partition coefficient (Wildman–Crippen LogP) is 3.91. The minimum atomic E-state index is -4.89. The number of halogens is 7. The standard InChI is InChI=1S/C8H4F6IN/c9-7(10,11)3-1-4(8(12,13)14)6(16)2-5(3)15/h1-2H,16H2. The molecule has 8 heteroatoms. The Kier molecular flexibility index (Phi) is 3.32. The van der Waals surface area contributed by atoms with Crippen LogP contribution in [0.1, 0.15) is 11.1 Å². The van der Waals surface area contributed by atoms with Crippen LogP contribution in [-0.2, 0) is 12.4 Å². The molecule has 1 aromatic carbocycles. The van der Waals surface area contributed by atoms with E-state index < -0.39 is 29.2 Å². The van der Waals surface area contributed by atoms with E-state index in [1.54, 1.807) is 0 Å². The number of alkyl halides is 6. The number of nitrogens with two attached hydrogens (primary N) is 1. The van der Waals surface area contributed by atoms with Crippen molar-refractivity contribution in [3.63, 3.8) is 0 Å². The molecule has 0 aliphatic rings. The van der Waals surface area contributed by atoms with Crippen LogP contribution in [0.2, 0.25) is 0 Å². The highest BCUT2D eigenvalue weighted by atomic mass is 127. The molecule has 0 aromatic heterocycles. The quantitative estimate of drug-likeness (QED) is 0.426. The van der Waals surface area contributed by atoms with Crippen molar-refractivity contribution in [2.45, 2.75) is 12.4 Å². The molecule has 0 heterocycles. The molecule has 0 aliphatic carbocycles. The molecule has 90 valence electrons. The number of rotatable bonds is 0. The van der Waals surface area contributed by atoms with Crippen molar-refractivity contribution in [1.82, 2.24) is 0 Å². The second-order valence-corrected chi connectivity index (χ2v) is 4.08. The summed E-state index contributed by atoms with van der Waals surface area (Å²) in [4.78, 5) is 0. The minimum absolute atomic E-state index is 0.0249. The monoisotopic (exact) mass is 355 g/mol. The largest absolute Gasteiger partial charge is 0.418 e. The smallest absolute Gasteiger partial charge is 0.398 e. The Hall–Kier alpha value is -0.670. The lowest BCUT2D eigenvalue weighted by Gasteiger charge is -2.15. The van der Waals surface area contributed by atoms with Crippen molar-refractivity contribution in [1.29, 1.82) is 0 Å². The van der Waals surface area contributed by atoms with Crippen LogP contribution in [0.25, 0.3) is 0 Å². The molecule has 0 unspecified atom stereocenters. The maximum Gasteiger partial charge on any atom is 0.418 e. The first-order valence-corrected chi connectivity index (χ1v) is 4.85. The van der Waals surface area contributed by atoms with Crippen LogP contribution in [0, 0.1) is 3.57 Å². The first-order chi connectivity index (χ1) is 7.03. The molecular weight excluding hydrogens is 351 g/mol. The zero-order valence-corrected chi connectivity index (χ0v) is 9.54. The number of anilines is 1. The second kappa shape index (κ2) is 3.97. The molecule has 2 N–H and O–H groups in total. The average Bonchev–Trinajstić information content (AvgIpc) is 1.97. The minimum Gasteiger partial charge on any atom is -0.398 e. The van der Waals surface area contributed by atoms with Gasteiger partial charge < -0.3 is 5.73 Å². The lowest BCUT2D eigenvalue weighted by molar-refractivity contribution is -0.143. The Morgan fingerprint density at radius 3 is 1.69 bits per heavy atom. The highest BCUT2D eigenvalue weighted by Gasteiger charge is 2.39. The van der Waals surface area contributed by atoms with Crippen LogP contribution in [0.4, 0.5) is 32.0 Å². The molecule has 1 rings (SSSR count). The number of hydrogen-bond acceptors (Lipinski definition) is 1. The first kappa shape index (κ1) is 13.4. The number of benzene rings is 1. The van der Waals surface area contributed by atoms with E-state index in [-0.39, 0.29) is 9.64 Å². The van der Waals surface area contributed by atoms with Gasteiger partial charge in [-0.25, -0.2) is 0 Å². The van der Waals surface area contributed by atoms with Crippen LogP contribution < -0.4 is 5.73 Å². The molecule has 0 bridgehead atoms. The van der Waals surface area contributed by atoms with Gasteiger partial charge in [0.1, 0.15) is 0 Å². The maximum absolute atomic E-state index is 12.3. The molecule has 0 saturated heterocycles. The maximum atomic E-state index is 12.3. The van der Waals surface area contributed by atoms with E-state index in [0.717, 1.165) is 0 Å². The van der Waals surface area contributed by atoms with Gasteiger partial charge in [0.25, 0.3) is 0 Å². The molecule has 0 fully saturated rings. The summed E-state index contributed by atoms with van der Waals surface area (Å²) >= 11 is 1.29. The highest BCUT2D eigenvalue weighted by molar-refractivity contribution is 14.1. The molecule has 0 saturated carbocycles. The molecule has 16 heavy (non-hydrogen) atoms. The van der Waals surface area contributed by atoms with E-state index in [1.165, 1.54) is 22.6 Å². The van der Waals surface area contributed by atoms with Gasteiger partial charge in [-0.1, -0.05) is 0 Å². The molecule has 1 aromatic rings. The van der Waals surface area contributed by atoms with Crippen molar-refractivity contribution < 1.29 is 26.3 Å². The number of nitrogen functional groups attached to an aromatic ring is 1. The van der Waals surface area contributed by atoms with E-state index in [0.29, 0.717) is 6.07 Å². The Bertz CT molecular complexity index is 373. The van der Waals surface area contributed by atoms with Gasteiger partial charge in [-0.2, -0.15) is 26.3 Å². The van der Waals surface area contributed by atoms with Crippen LogP contribution >= 0.6 is 22.6 Å². The molecule has 0 amide bonds. The summed E-state index contributed by atoms with van der Waals surface area (Å²) in [5.74, 6) is 0. The van der Waals surface area contributed by atoms with Gasteiger partial charge in [0, 0.05) is 9.26 Å². The van der Waals surface area contributed by atoms with Crippen molar-refractivity contribution in [3.8, 4) is 0 Å². The van der Waals surface area contributed by atoms with Crippen LogP contribution in [-0.4, -0.2) is 0 Å². The molecule has 0 atom stereocenters. The fraction of sp³-hybridized carbons (Fsp3) is 0.250. The zero-order valence-electron chi connectivity index (χ0n) is 7.38. The zero-order chi connectivity index (χ0) is 12.7. The summed E-state index contributed by atoms with van der Waals surface area (Å²) in [6, 6.07) is 0.684. The van der Waals surface area contributed by atoms with Crippen LogP contribution in [0.5, 0.6) is 0 Å². The summed E-state index contributed by atoms with van der Waals surface area (Å²) < 4.78 is 73.5. The van der Waals surface area contributed by atoms with Crippen LogP contribution in [0.3, 0.4) is 0 Å². The van der Waals surface area contributed by atoms with Crippen molar-refractivity contribution in [2.24, 2.45) is 0 Å². The summed E-state index contributed by atoms with van der Waals surface area (Å²) in [6.07, 6.45) is -9.72. The van der Waals surface area contributed by atoms with Gasteiger partial charge in [0.15, 0.2) is 0 Å². The Morgan fingerprint density at radius 1 is 0.875 bits per heavy atom. The SMILES string of the molecule is Nc1cc(I)c(C(F)(F)F)cc1C(F)(F)F. The molecule has 0 aliphatic heterocycles. The van der Waals surface area contributed by atoms with Gasteiger partial charge in [-0.3, -0.25) is 0 Å². The summed E-state index contributed by atoms with van der Waals surface area (Å²) in [5.41, 5.74) is 1.50. The van der Waals surface area contributed by atoms with E-state index in [4.69, 9.17) is 5.73 Å². The van der Waals surface area contributed by atoms with Gasteiger partial charge >= 0.3 is 12.4 Å². The van der Waals surface area contributed by atoms with Crippen LogP contribution in [0.15, 0.2) is 12.1 Å². The van der Waals surface area contributed by atoms with E-state index in [9.17, 15) is 26.3 Å². The molecular formula is C8H4F6IN. The van der Waals surface area contributed by atoms with Gasteiger partial charge in [0.2, 0.25) is 0 Å². The molecule has 1 nitrogen and oxygen atoms in total. The fourth-order valence-corrected chi connectivity index (χ4v) is 1.85. The lowest BCUT2D eigenvalue weighted by atomic mass is 10.1. The van der Waals surface area contributed by atoms with E-state index in [2.05, 4.69) is 0 Å². The summed E-state index contributed by atoms with van der Waals surface area (Å²) in [7, 11) is 0. The summed E-state index contributed by atoms with van der Waals surface area (Å²) in [5, 5.41) is 0. The topological polar surface area (TPSA) is 26.0 Å². The predicted molar refractivity (Wildman–Crippen MR) is 53.6 cm³/mol. The lowest BCUT2D eigenvalue weighted by Crippen LogP contribution is -2.14. The Labute approximate surface area is 99.8 Å². The van der Waals surface area contributed by atoms with Crippen molar-refractivity contribution >= 4 is 28.3 Å². The van der Waals surface area contributed by atoms with Gasteiger partial charge in [-0.15, -0.1) is 0 Å². The second-order valence-electron chi connectivity index (χ2n) is 2.91. The third-order valence-electron chi connectivity index (χ3n) is 1.75. The highest BCUT2D eigenvalue weighted by Crippen LogP contribution is 2.40. The molecule has 0 radical (unpaired) electrons. The first-order valence-electron chi connectivity index (χ1n) is 3.77. The van der Waals surface area contributed by atoms with E-state index in [1.807, 2.05) is 0 Å². The Balaban J connectivity index is 3.45. The fourth-order valence-electron chi connectivity index (χ4n) is 1.05. The van der Waals surface area contributed by atoms with Gasteiger partial charge in [-0.05, 0) is 34.7 Å². The summed E-state index contributed by atoms with van der Waals surface area (Å²) in [6.45, 7) is 0. The van der Waals surface area contributed by atoms with Crippen molar-refractivity contribution in [2.75, 3.05) is 5.73 Å². The average molecular weight is 355 g/mol.